The first kappa shape index (κ1) is 15.6. The topological polar surface area (TPSA) is 71.7 Å². The molecule has 1 amide bonds. The summed E-state index contributed by atoms with van der Waals surface area (Å²) in [4.78, 5) is 12.4. The molecule has 1 aliphatic heterocycles. The number of furan rings is 1. The monoisotopic (exact) mass is 307 g/mol. The fourth-order valence-electron chi connectivity index (χ4n) is 3.80. The maximum absolute atomic E-state index is 12.4. The van der Waals surface area contributed by atoms with Gasteiger partial charge >= 0.3 is 0 Å². The van der Waals surface area contributed by atoms with Crippen LogP contribution < -0.4 is 5.32 Å². The smallest absolute Gasteiger partial charge is 0.287 e. The Kier molecular flexibility index (Phi) is 4.54. The molecule has 0 radical (unpaired) electrons. The highest BCUT2D eigenvalue weighted by molar-refractivity contribution is 5.93. The molecule has 5 nitrogen and oxygen atoms in total. The van der Waals surface area contributed by atoms with Crippen LogP contribution in [0, 0.1) is 6.92 Å². The standard InChI is InChI=1S/C17H25NO4/c1-12-9-14(11-19)22-15(12)16(20)18-13-5-8-21-17(10-13)6-3-2-4-7-17/h9,13,19H,2-8,10-11H2,1H3,(H,18,20). The zero-order valence-corrected chi connectivity index (χ0v) is 13.2. The quantitative estimate of drug-likeness (QED) is 0.900. The summed E-state index contributed by atoms with van der Waals surface area (Å²) in [6, 6.07) is 1.85. The van der Waals surface area contributed by atoms with E-state index in [-0.39, 0.29) is 24.2 Å². The number of aryl methyl sites for hydroxylation is 1. The van der Waals surface area contributed by atoms with Crippen LogP contribution in [-0.2, 0) is 11.3 Å². The number of amides is 1. The molecule has 1 aliphatic carbocycles. The van der Waals surface area contributed by atoms with Crippen molar-refractivity contribution in [2.45, 2.75) is 70.1 Å². The predicted molar refractivity (Wildman–Crippen MR) is 81.6 cm³/mol. The van der Waals surface area contributed by atoms with Gasteiger partial charge in [-0.15, -0.1) is 0 Å². The molecule has 1 atom stereocenters. The summed E-state index contributed by atoms with van der Waals surface area (Å²) < 4.78 is 11.5. The molecule has 2 heterocycles. The normalized spacial score (nSPS) is 24.4. The van der Waals surface area contributed by atoms with E-state index in [1.807, 2.05) is 6.92 Å². The summed E-state index contributed by atoms with van der Waals surface area (Å²) in [6.07, 6.45) is 7.68. The number of ether oxygens (including phenoxy) is 1. The lowest BCUT2D eigenvalue weighted by molar-refractivity contribution is -0.108. The highest BCUT2D eigenvalue weighted by Gasteiger charge is 2.39. The number of nitrogens with one attached hydrogen (secondary N) is 1. The first-order chi connectivity index (χ1) is 10.6. The zero-order valence-electron chi connectivity index (χ0n) is 13.2. The largest absolute Gasteiger partial charge is 0.453 e. The van der Waals surface area contributed by atoms with Crippen LogP contribution in [0.15, 0.2) is 10.5 Å². The van der Waals surface area contributed by atoms with Crippen molar-refractivity contribution in [1.29, 1.82) is 0 Å². The molecule has 2 aliphatic rings. The van der Waals surface area contributed by atoms with E-state index < -0.39 is 0 Å². The van der Waals surface area contributed by atoms with Gasteiger partial charge in [-0.3, -0.25) is 4.79 Å². The van der Waals surface area contributed by atoms with Gasteiger partial charge in [-0.25, -0.2) is 0 Å². The Bertz CT molecular complexity index is 525. The van der Waals surface area contributed by atoms with Crippen molar-refractivity contribution in [1.82, 2.24) is 5.32 Å². The van der Waals surface area contributed by atoms with E-state index in [2.05, 4.69) is 5.32 Å². The molecule has 0 bridgehead atoms. The number of aliphatic hydroxyl groups is 1. The average molecular weight is 307 g/mol. The van der Waals surface area contributed by atoms with Crippen LogP contribution in [0.4, 0.5) is 0 Å². The van der Waals surface area contributed by atoms with E-state index in [0.29, 0.717) is 18.1 Å². The van der Waals surface area contributed by atoms with Gasteiger partial charge in [0.15, 0.2) is 5.76 Å². The molecule has 3 rings (SSSR count). The van der Waals surface area contributed by atoms with Gasteiger partial charge in [-0.2, -0.15) is 0 Å². The van der Waals surface area contributed by atoms with Gasteiger partial charge in [-0.1, -0.05) is 19.3 Å². The Labute approximate surface area is 131 Å². The lowest BCUT2D eigenvalue weighted by Gasteiger charge is -2.43. The first-order valence-electron chi connectivity index (χ1n) is 8.27. The summed E-state index contributed by atoms with van der Waals surface area (Å²) in [5.74, 6) is 0.557. The molecule has 1 saturated heterocycles. The van der Waals surface area contributed by atoms with Crippen LogP contribution in [0.25, 0.3) is 0 Å². The maximum Gasteiger partial charge on any atom is 0.287 e. The third-order valence-electron chi connectivity index (χ3n) is 4.92. The van der Waals surface area contributed by atoms with Crippen molar-refractivity contribution in [2.75, 3.05) is 6.61 Å². The van der Waals surface area contributed by atoms with Gasteiger partial charge in [0.05, 0.1) is 5.60 Å². The van der Waals surface area contributed by atoms with E-state index in [0.717, 1.165) is 31.2 Å². The highest BCUT2D eigenvalue weighted by Crippen LogP contribution is 2.38. The Morgan fingerprint density at radius 1 is 1.41 bits per heavy atom. The van der Waals surface area contributed by atoms with Crippen molar-refractivity contribution >= 4 is 5.91 Å². The maximum atomic E-state index is 12.4. The second-order valence-corrected chi connectivity index (χ2v) is 6.64. The van der Waals surface area contributed by atoms with Gasteiger partial charge < -0.3 is 19.6 Å². The molecule has 1 unspecified atom stereocenters. The number of hydrogen-bond acceptors (Lipinski definition) is 4. The molecular weight excluding hydrogens is 282 g/mol. The van der Waals surface area contributed by atoms with Gasteiger partial charge in [0.1, 0.15) is 12.4 Å². The summed E-state index contributed by atoms with van der Waals surface area (Å²) in [5.41, 5.74) is 0.740. The molecule has 1 aromatic rings. The van der Waals surface area contributed by atoms with Gasteiger partial charge in [-0.05, 0) is 38.7 Å². The Balaban J connectivity index is 1.64. The lowest BCUT2D eigenvalue weighted by Crippen LogP contribution is -2.49. The fourth-order valence-corrected chi connectivity index (χ4v) is 3.80. The minimum absolute atomic E-state index is 0.0249. The molecule has 1 saturated carbocycles. The van der Waals surface area contributed by atoms with Crippen LogP contribution in [0.2, 0.25) is 0 Å². The van der Waals surface area contributed by atoms with E-state index in [4.69, 9.17) is 14.3 Å². The van der Waals surface area contributed by atoms with E-state index >= 15 is 0 Å². The predicted octanol–water partition coefficient (Wildman–Crippen LogP) is 2.69. The second-order valence-electron chi connectivity index (χ2n) is 6.64. The molecule has 5 heteroatoms. The number of carbonyl (C=O) groups is 1. The Morgan fingerprint density at radius 3 is 2.86 bits per heavy atom. The van der Waals surface area contributed by atoms with Crippen molar-refractivity contribution in [3.8, 4) is 0 Å². The second kappa shape index (κ2) is 6.42. The van der Waals surface area contributed by atoms with Crippen molar-refractivity contribution < 1.29 is 19.1 Å². The third-order valence-corrected chi connectivity index (χ3v) is 4.92. The van der Waals surface area contributed by atoms with E-state index in [1.54, 1.807) is 6.07 Å². The van der Waals surface area contributed by atoms with Gasteiger partial charge in [0, 0.05) is 18.2 Å². The van der Waals surface area contributed by atoms with Crippen LogP contribution in [0.3, 0.4) is 0 Å². The zero-order chi connectivity index (χ0) is 15.6. The number of hydrogen-bond donors (Lipinski definition) is 2. The van der Waals surface area contributed by atoms with Gasteiger partial charge in [0.2, 0.25) is 0 Å². The average Bonchev–Trinajstić information content (AvgIpc) is 2.89. The summed E-state index contributed by atoms with van der Waals surface area (Å²) in [5, 5.41) is 12.2. The first-order valence-corrected chi connectivity index (χ1v) is 8.27. The number of rotatable bonds is 3. The van der Waals surface area contributed by atoms with Crippen LogP contribution >= 0.6 is 0 Å². The van der Waals surface area contributed by atoms with E-state index in [1.165, 1.54) is 19.3 Å². The molecule has 0 aromatic carbocycles. The summed E-state index contributed by atoms with van der Waals surface area (Å²) in [7, 11) is 0. The molecule has 2 N–H and O–H groups in total. The molecule has 1 aromatic heterocycles. The van der Waals surface area contributed by atoms with Crippen molar-refractivity contribution in [2.24, 2.45) is 0 Å². The van der Waals surface area contributed by atoms with Crippen molar-refractivity contribution in [3.05, 3.63) is 23.2 Å². The summed E-state index contributed by atoms with van der Waals surface area (Å²) >= 11 is 0. The van der Waals surface area contributed by atoms with Crippen LogP contribution in [0.1, 0.15) is 66.8 Å². The Morgan fingerprint density at radius 2 is 2.18 bits per heavy atom. The van der Waals surface area contributed by atoms with Gasteiger partial charge in [0.25, 0.3) is 5.91 Å². The van der Waals surface area contributed by atoms with Crippen molar-refractivity contribution in [3.63, 3.8) is 0 Å². The SMILES string of the molecule is Cc1cc(CO)oc1C(=O)NC1CCOC2(CCCCC2)C1. The van der Waals surface area contributed by atoms with E-state index in [9.17, 15) is 4.79 Å². The minimum atomic E-state index is -0.186. The lowest BCUT2D eigenvalue weighted by atomic mass is 9.78. The molecular formula is C17H25NO4. The third kappa shape index (κ3) is 3.20. The Hall–Kier alpha value is -1.33. The molecule has 122 valence electrons. The molecule has 2 fully saturated rings. The fraction of sp³-hybridized carbons (Fsp3) is 0.706. The molecule has 1 spiro atoms. The minimum Gasteiger partial charge on any atom is -0.453 e. The van der Waals surface area contributed by atoms with Crippen LogP contribution in [-0.4, -0.2) is 29.3 Å². The number of carbonyl (C=O) groups excluding carboxylic acids is 1. The highest BCUT2D eigenvalue weighted by atomic mass is 16.5. The molecule has 22 heavy (non-hydrogen) atoms. The van der Waals surface area contributed by atoms with Crippen LogP contribution in [0.5, 0.6) is 0 Å². The summed E-state index contributed by atoms with van der Waals surface area (Å²) in [6.45, 7) is 2.35. The number of aliphatic hydroxyl groups excluding tert-OH is 1.